The van der Waals surface area contributed by atoms with Crippen molar-refractivity contribution in [2.75, 3.05) is 12.3 Å². The van der Waals surface area contributed by atoms with Crippen molar-refractivity contribution in [3.05, 3.63) is 29.5 Å². The summed E-state index contributed by atoms with van der Waals surface area (Å²) >= 11 is 6.09. The lowest BCUT2D eigenvalue weighted by atomic mass is 10.1. The van der Waals surface area contributed by atoms with Crippen molar-refractivity contribution in [2.24, 2.45) is 0 Å². The largest absolute Gasteiger partial charge is 0.394 e. The Morgan fingerprint density at radius 1 is 1.25 bits per heavy atom. The van der Waals surface area contributed by atoms with Crippen LogP contribution in [0.15, 0.2) is 24.5 Å². The molecule has 0 radical (unpaired) electrons. The number of nitrogen functional groups attached to an aromatic ring is 1. The fourth-order valence-corrected chi connectivity index (χ4v) is 3.39. The minimum atomic E-state index is -1.23. The Balaban J connectivity index is 2.02. The van der Waals surface area contributed by atoms with Crippen LogP contribution in [0.5, 0.6) is 0 Å². The Bertz CT molecular complexity index is 931. The molecule has 1 aromatic carbocycles. The van der Waals surface area contributed by atoms with Gasteiger partial charge in [-0.1, -0.05) is 11.6 Å². The van der Waals surface area contributed by atoms with Gasteiger partial charge in [0.05, 0.1) is 17.5 Å². The molecule has 0 spiro atoms. The van der Waals surface area contributed by atoms with Crippen molar-refractivity contribution in [3.8, 4) is 0 Å². The summed E-state index contributed by atoms with van der Waals surface area (Å²) in [6.07, 6.45) is -2.93. The van der Waals surface area contributed by atoms with Gasteiger partial charge in [0, 0.05) is 10.4 Å². The van der Waals surface area contributed by atoms with Gasteiger partial charge in [-0.15, -0.1) is 0 Å². The summed E-state index contributed by atoms with van der Waals surface area (Å²) in [6, 6.07) is 5.19. The van der Waals surface area contributed by atoms with Crippen LogP contribution >= 0.6 is 11.6 Å². The second-order valence-electron chi connectivity index (χ2n) is 5.72. The molecule has 0 bridgehead atoms. The number of ether oxygens (including phenoxy) is 1. The van der Waals surface area contributed by atoms with E-state index in [-0.39, 0.29) is 5.82 Å². The summed E-state index contributed by atoms with van der Waals surface area (Å²) in [5.74, 6) is 0.276. The molecule has 1 saturated heterocycles. The first-order valence-electron chi connectivity index (χ1n) is 7.35. The van der Waals surface area contributed by atoms with E-state index in [1.165, 1.54) is 6.33 Å². The molecule has 1 fully saturated rings. The molecular weight excluding hydrogens is 336 g/mol. The molecule has 3 heterocycles. The highest BCUT2D eigenvalue weighted by Gasteiger charge is 2.44. The van der Waals surface area contributed by atoms with Gasteiger partial charge in [-0.3, -0.25) is 4.57 Å². The van der Waals surface area contributed by atoms with Gasteiger partial charge in [0.2, 0.25) is 0 Å². The highest BCUT2D eigenvalue weighted by Crippen LogP contribution is 2.39. The number of rotatable bonds is 2. The molecule has 0 amide bonds. The molecular formula is C15H15ClN4O4. The minimum Gasteiger partial charge on any atom is -0.394 e. The van der Waals surface area contributed by atoms with Gasteiger partial charge in [-0.2, -0.15) is 0 Å². The molecule has 2 aromatic heterocycles. The van der Waals surface area contributed by atoms with Crippen LogP contribution in [0.25, 0.3) is 21.9 Å². The van der Waals surface area contributed by atoms with Crippen LogP contribution in [-0.4, -0.2) is 54.8 Å². The molecule has 0 aliphatic carbocycles. The van der Waals surface area contributed by atoms with Crippen molar-refractivity contribution in [1.29, 1.82) is 0 Å². The standard InChI is InChI=1S/C15H15ClN4O4/c16-6-1-2-8-7(3-6)10-13(17)18-5-19-14(10)20(8)15-12(23)11(22)9(4-21)24-15/h1-3,5,9,11-12,15,21-23H,4H2,(H2,17,18,19)/t9-,11-,12-,15-/m1/s1. The van der Waals surface area contributed by atoms with E-state index in [0.717, 1.165) is 0 Å². The van der Waals surface area contributed by atoms with E-state index in [0.29, 0.717) is 27.0 Å². The summed E-state index contributed by atoms with van der Waals surface area (Å²) < 4.78 is 7.29. The lowest BCUT2D eigenvalue weighted by molar-refractivity contribution is -0.0489. The summed E-state index contributed by atoms with van der Waals surface area (Å²) in [5.41, 5.74) is 7.13. The van der Waals surface area contributed by atoms with Gasteiger partial charge >= 0.3 is 0 Å². The number of anilines is 1. The first-order chi connectivity index (χ1) is 11.5. The van der Waals surface area contributed by atoms with Gasteiger partial charge in [0.25, 0.3) is 0 Å². The summed E-state index contributed by atoms with van der Waals surface area (Å²) in [4.78, 5) is 8.27. The van der Waals surface area contributed by atoms with Crippen molar-refractivity contribution >= 4 is 39.4 Å². The van der Waals surface area contributed by atoms with Gasteiger partial charge in [-0.25, -0.2) is 9.97 Å². The van der Waals surface area contributed by atoms with Crippen molar-refractivity contribution < 1.29 is 20.1 Å². The molecule has 9 heteroatoms. The number of aromatic nitrogens is 3. The number of aliphatic hydroxyl groups is 3. The molecule has 24 heavy (non-hydrogen) atoms. The molecule has 8 nitrogen and oxygen atoms in total. The Hall–Kier alpha value is -1.97. The molecule has 4 rings (SSSR count). The summed E-state index contributed by atoms with van der Waals surface area (Å²) in [7, 11) is 0. The number of fused-ring (bicyclic) bond motifs is 3. The third kappa shape index (κ3) is 2.08. The third-order valence-electron chi connectivity index (χ3n) is 4.34. The predicted molar refractivity (Wildman–Crippen MR) is 87.5 cm³/mol. The molecule has 3 aromatic rings. The van der Waals surface area contributed by atoms with Gasteiger partial charge in [0.1, 0.15) is 36.1 Å². The van der Waals surface area contributed by atoms with Crippen LogP contribution in [0.2, 0.25) is 5.02 Å². The average molecular weight is 351 g/mol. The molecule has 4 atom stereocenters. The van der Waals surface area contributed by atoms with Crippen LogP contribution in [0.3, 0.4) is 0 Å². The van der Waals surface area contributed by atoms with Crippen molar-refractivity contribution in [2.45, 2.75) is 24.5 Å². The SMILES string of the molecule is Nc1ncnc2c1c1cc(Cl)ccc1n2[C@@H]1O[C@H](CO)[C@@H](O)[C@H]1O. The van der Waals surface area contributed by atoms with Crippen LogP contribution in [0, 0.1) is 0 Å². The number of aliphatic hydroxyl groups excluding tert-OH is 3. The smallest absolute Gasteiger partial charge is 0.165 e. The van der Waals surface area contributed by atoms with Gasteiger partial charge < -0.3 is 25.8 Å². The second-order valence-corrected chi connectivity index (χ2v) is 6.15. The minimum absolute atomic E-state index is 0.276. The topological polar surface area (TPSA) is 127 Å². The van der Waals surface area contributed by atoms with E-state index < -0.39 is 31.1 Å². The average Bonchev–Trinajstić information content (AvgIpc) is 3.03. The fraction of sp³-hybridized carbons (Fsp3) is 0.333. The maximum atomic E-state index is 10.4. The summed E-state index contributed by atoms with van der Waals surface area (Å²) in [5, 5.41) is 31.5. The maximum absolute atomic E-state index is 10.4. The van der Waals surface area contributed by atoms with Crippen molar-refractivity contribution in [1.82, 2.24) is 14.5 Å². The van der Waals surface area contributed by atoms with E-state index >= 15 is 0 Å². The maximum Gasteiger partial charge on any atom is 0.165 e. The highest BCUT2D eigenvalue weighted by molar-refractivity contribution is 6.32. The Morgan fingerprint density at radius 3 is 2.75 bits per heavy atom. The first-order valence-corrected chi connectivity index (χ1v) is 7.72. The van der Waals surface area contributed by atoms with Crippen LogP contribution in [0.1, 0.15) is 6.23 Å². The van der Waals surface area contributed by atoms with E-state index in [2.05, 4.69) is 9.97 Å². The van der Waals surface area contributed by atoms with E-state index in [4.69, 9.17) is 22.1 Å². The third-order valence-corrected chi connectivity index (χ3v) is 4.58. The van der Waals surface area contributed by atoms with Crippen LogP contribution in [0.4, 0.5) is 5.82 Å². The monoisotopic (exact) mass is 350 g/mol. The molecule has 0 saturated carbocycles. The quantitative estimate of drug-likeness (QED) is 0.528. The number of hydrogen-bond acceptors (Lipinski definition) is 7. The van der Waals surface area contributed by atoms with E-state index in [1.54, 1.807) is 22.8 Å². The molecule has 0 unspecified atom stereocenters. The normalized spacial score (nSPS) is 27.3. The molecule has 5 N–H and O–H groups in total. The fourth-order valence-electron chi connectivity index (χ4n) is 3.21. The van der Waals surface area contributed by atoms with Crippen LogP contribution in [-0.2, 0) is 4.74 Å². The number of nitrogens with two attached hydrogens (primary N) is 1. The molecule has 1 aliphatic rings. The number of hydrogen-bond donors (Lipinski definition) is 4. The summed E-state index contributed by atoms with van der Waals surface area (Å²) in [6.45, 7) is -0.408. The zero-order valence-corrected chi connectivity index (χ0v) is 13.1. The van der Waals surface area contributed by atoms with Crippen molar-refractivity contribution in [3.63, 3.8) is 0 Å². The number of nitrogens with zero attached hydrogens (tertiary/aromatic N) is 3. The lowest BCUT2D eigenvalue weighted by Crippen LogP contribution is -2.33. The Kier molecular flexibility index (Phi) is 3.59. The highest BCUT2D eigenvalue weighted by atomic mass is 35.5. The first kappa shape index (κ1) is 15.6. The zero-order valence-electron chi connectivity index (χ0n) is 12.4. The zero-order chi connectivity index (χ0) is 17.0. The predicted octanol–water partition coefficient (Wildman–Crippen LogP) is 0.432. The molecule has 1 aliphatic heterocycles. The number of benzene rings is 1. The lowest BCUT2D eigenvalue weighted by Gasteiger charge is -2.18. The van der Waals surface area contributed by atoms with Gasteiger partial charge in [0.15, 0.2) is 6.23 Å². The number of halogens is 1. The van der Waals surface area contributed by atoms with Gasteiger partial charge in [-0.05, 0) is 18.2 Å². The Labute approximate surface area is 141 Å². The molecule has 126 valence electrons. The van der Waals surface area contributed by atoms with E-state index in [9.17, 15) is 15.3 Å². The second kappa shape index (κ2) is 5.54. The van der Waals surface area contributed by atoms with Crippen LogP contribution < -0.4 is 5.73 Å². The Morgan fingerprint density at radius 2 is 2.04 bits per heavy atom. The van der Waals surface area contributed by atoms with E-state index in [1.807, 2.05) is 0 Å².